The lowest BCUT2D eigenvalue weighted by Crippen LogP contribution is -2.37. The fourth-order valence-electron chi connectivity index (χ4n) is 4.57. The molecule has 0 aliphatic heterocycles. The second-order valence-corrected chi connectivity index (χ2v) is 11.8. The van der Waals surface area contributed by atoms with E-state index in [0.29, 0.717) is 36.0 Å². The second kappa shape index (κ2) is 15.3. The maximum Gasteiger partial charge on any atom is 0.416 e. The molecule has 45 heavy (non-hydrogen) atoms. The molecule has 0 saturated heterocycles. The van der Waals surface area contributed by atoms with E-state index in [1.54, 1.807) is 24.0 Å². The van der Waals surface area contributed by atoms with Crippen LogP contribution in [0, 0.1) is 5.82 Å². The Hall–Kier alpha value is -4.03. The van der Waals surface area contributed by atoms with Crippen LogP contribution < -0.4 is 5.56 Å². The van der Waals surface area contributed by atoms with E-state index in [-0.39, 0.29) is 24.0 Å². The average Bonchev–Trinajstić information content (AvgIpc) is 3.01. The first-order chi connectivity index (χ1) is 21.4. The van der Waals surface area contributed by atoms with E-state index in [1.165, 1.54) is 40.7 Å². The Morgan fingerprint density at radius 2 is 1.49 bits per heavy atom. The van der Waals surface area contributed by atoms with Crippen molar-refractivity contribution >= 4 is 17.7 Å². The topological polar surface area (TPSA) is 71.3 Å². The van der Waals surface area contributed by atoms with Crippen molar-refractivity contribution < 1.29 is 22.4 Å². The van der Waals surface area contributed by atoms with Crippen LogP contribution in [0.3, 0.4) is 0 Å². The molecule has 7 nitrogen and oxygen atoms in total. The standard InChI is InChI=1S/C33H35F4N5O2S/c1-4-29-31(44)38-32(45-22-24-8-16-28(34)17-9-24)42(39-29)21-30(43)41(19-5-18-40(2)3)20-23-6-10-25(11-7-23)26-12-14-27(15-13-26)33(35,36)37/h6-17H,4-5,18-22H2,1-3H3. The molecule has 0 saturated carbocycles. The number of hydrogen-bond donors (Lipinski definition) is 0. The van der Waals surface area contributed by atoms with Crippen molar-refractivity contribution in [2.45, 2.75) is 49.9 Å². The molecule has 0 radical (unpaired) electrons. The van der Waals surface area contributed by atoms with Gasteiger partial charge in [0.25, 0.3) is 5.56 Å². The number of carbonyl (C=O) groups excluding carboxylic acids is 1. The van der Waals surface area contributed by atoms with E-state index < -0.39 is 17.3 Å². The lowest BCUT2D eigenvalue weighted by atomic mass is 10.0. The molecule has 1 heterocycles. The first kappa shape index (κ1) is 33.9. The molecule has 0 fully saturated rings. The maximum absolute atomic E-state index is 13.7. The Bertz CT molecular complexity index is 1620. The molecule has 0 atom stereocenters. The number of nitrogens with zero attached hydrogens (tertiary/aromatic N) is 5. The molecule has 0 bridgehead atoms. The summed E-state index contributed by atoms with van der Waals surface area (Å²) >= 11 is 1.25. The van der Waals surface area contributed by atoms with Gasteiger partial charge in [-0.3, -0.25) is 9.59 Å². The quantitative estimate of drug-likeness (QED) is 0.126. The van der Waals surface area contributed by atoms with Crippen molar-refractivity contribution in [3.8, 4) is 11.1 Å². The Morgan fingerprint density at radius 3 is 2.07 bits per heavy atom. The smallest absolute Gasteiger partial charge is 0.337 e. The van der Waals surface area contributed by atoms with Crippen molar-refractivity contribution in [3.63, 3.8) is 0 Å². The van der Waals surface area contributed by atoms with Crippen LogP contribution >= 0.6 is 11.8 Å². The first-order valence-electron chi connectivity index (χ1n) is 14.5. The molecular weight excluding hydrogens is 606 g/mol. The highest BCUT2D eigenvalue weighted by Gasteiger charge is 2.30. The fraction of sp³-hybridized carbons (Fsp3) is 0.333. The van der Waals surface area contributed by atoms with Gasteiger partial charge in [0.05, 0.1) is 5.56 Å². The van der Waals surface area contributed by atoms with E-state index in [0.717, 1.165) is 41.8 Å². The normalized spacial score (nSPS) is 11.6. The number of rotatable bonds is 13. The van der Waals surface area contributed by atoms with Crippen LogP contribution in [0.25, 0.3) is 11.1 Å². The number of alkyl halides is 3. The number of benzene rings is 3. The van der Waals surface area contributed by atoms with E-state index in [4.69, 9.17) is 0 Å². The number of aryl methyl sites for hydroxylation is 1. The molecule has 0 unspecified atom stereocenters. The monoisotopic (exact) mass is 641 g/mol. The van der Waals surface area contributed by atoms with Crippen LogP contribution in [0.15, 0.2) is 82.7 Å². The third-order valence-electron chi connectivity index (χ3n) is 7.07. The summed E-state index contributed by atoms with van der Waals surface area (Å²) in [7, 11) is 3.91. The van der Waals surface area contributed by atoms with Gasteiger partial charge in [0, 0.05) is 18.8 Å². The third kappa shape index (κ3) is 9.73. The van der Waals surface area contributed by atoms with Crippen LogP contribution in [0.2, 0.25) is 0 Å². The summed E-state index contributed by atoms with van der Waals surface area (Å²) in [6.07, 6.45) is -3.31. The third-order valence-corrected chi connectivity index (χ3v) is 8.10. The summed E-state index contributed by atoms with van der Waals surface area (Å²) < 4.78 is 53.7. The summed E-state index contributed by atoms with van der Waals surface area (Å²) in [6, 6.07) is 18.4. The maximum atomic E-state index is 13.7. The SMILES string of the molecule is CCc1nn(CC(=O)N(CCCN(C)C)Cc2ccc(-c3ccc(C(F)(F)F)cc3)cc2)c(SCc2ccc(F)cc2)nc1=O. The highest BCUT2D eigenvalue weighted by atomic mass is 32.2. The molecule has 0 N–H and O–H groups in total. The zero-order chi connectivity index (χ0) is 32.6. The van der Waals surface area contributed by atoms with Gasteiger partial charge in [-0.15, -0.1) is 0 Å². The van der Waals surface area contributed by atoms with Crippen LogP contribution in [-0.2, 0) is 36.2 Å². The zero-order valence-electron chi connectivity index (χ0n) is 25.4. The number of aromatic nitrogens is 3. The molecule has 238 valence electrons. The van der Waals surface area contributed by atoms with Crippen LogP contribution in [-0.4, -0.2) is 57.7 Å². The number of amides is 1. The minimum absolute atomic E-state index is 0.127. The molecule has 0 aliphatic rings. The van der Waals surface area contributed by atoms with E-state index >= 15 is 0 Å². The molecule has 4 aromatic rings. The summed E-state index contributed by atoms with van der Waals surface area (Å²) in [4.78, 5) is 34.3. The van der Waals surface area contributed by atoms with Gasteiger partial charge in [0.1, 0.15) is 18.1 Å². The second-order valence-electron chi connectivity index (χ2n) is 10.8. The van der Waals surface area contributed by atoms with Crippen LogP contribution in [0.4, 0.5) is 17.6 Å². The van der Waals surface area contributed by atoms with Gasteiger partial charge < -0.3 is 9.80 Å². The Balaban J connectivity index is 1.52. The fourth-order valence-corrected chi connectivity index (χ4v) is 5.46. The highest BCUT2D eigenvalue weighted by Crippen LogP contribution is 2.31. The minimum atomic E-state index is -4.40. The molecule has 0 aliphatic carbocycles. The van der Waals surface area contributed by atoms with Crippen molar-refractivity contribution in [2.75, 3.05) is 27.2 Å². The van der Waals surface area contributed by atoms with Crippen molar-refractivity contribution in [1.82, 2.24) is 24.6 Å². The van der Waals surface area contributed by atoms with Crippen molar-refractivity contribution in [2.24, 2.45) is 0 Å². The lowest BCUT2D eigenvalue weighted by molar-refractivity contribution is -0.137. The largest absolute Gasteiger partial charge is 0.416 e. The van der Waals surface area contributed by atoms with Crippen LogP contribution in [0.1, 0.15) is 35.7 Å². The predicted octanol–water partition coefficient (Wildman–Crippen LogP) is 6.30. The lowest BCUT2D eigenvalue weighted by Gasteiger charge is -2.25. The molecule has 0 spiro atoms. The van der Waals surface area contributed by atoms with Gasteiger partial charge in [-0.05, 0) is 80.0 Å². The van der Waals surface area contributed by atoms with Gasteiger partial charge in [0.2, 0.25) is 5.91 Å². The number of hydrogen-bond acceptors (Lipinski definition) is 6. The molecule has 1 aromatic heterocycles. The summed E-state index contributed by atoms with van der Waals surface area (Å²) in [6.45, 7) is 3.23. The number of thioether (sulfide) groups is 1. The predicted molar refractivity (Wildman–Crippen MR) is 167 cm³/mol. The number of halogens is 4. The van der Waals surface area contributed by atoms with E-state index in [9.17, 15) is 27.2 Å². The first-order valence-corrected chi connectivity index (χ1v) is 15.5. The zero-order valence-corrected chi connectivity index (χ0v) is 26.2. The van der Waals surface area contributed by atoms with Gasteiger partial charge >= 0.3 is 6.18 Å². The van der Waals surface area contributed by atoms with E-state index in [2.05, 4.69) is 10.1 Å². The van der Waals surface area contributed by atoms with Gasteiger partial charge in [0.15, 0.2) is 5.16 Å². The summed E-state index contributed by atoms with van der Waals surface area (Å²) in [5, 5.41) is 4.75. The molecule has 12 heteroatoms. The van der Waals surface area contributed by atoms with Gasteiger partial charge in [-0.1, -0.05) is 67.2 Å². The van der Waals surface area contributed by atoms with Crippen LogP contribution in [0.5, 0.6) is 0 Å². The Morgan fingerprint density at radius 1 is 0.889 bits per heavy atom. The Labute approximate surface area is 263 Å². The summed E-state index contributed by atoms with van der Waals surface area (Å²) in [5.41, 5.74) is 2.21. The Kier molecular flexibility index (Phi) is 11.5. The van der Waals surface area contributed by atoms with Gasteiger partial charge in [-0.25, -0.2) is 9.07 Å². The summed E-state index contributed by atoms with van der Waals surface area (Å²) in [5.74, 6) is -0.141. The molecular formula is C33H35F4N5O2S. The molecule has 3 aromatic carbocycles. The van der Waals surface area contributed by atoms with E-state index in [1.807, 2.05) is 43.3 Å². The minimum Gasteiger partial charge on any atom is -0.337 e. The van der Waals surface area contributed by atoms with Gasteiger partial charge in [-0.2, -0.15) is 23.3 Å². The number of carbonyl (C=O) groups is 1. The van der Waals surface area contributed by atoms with Crippen molar-refractivity contribution in [1.29, 1.82) is 0 Å². The average molecular weight is 642 g/mol. The molecule has 1 amide bonds. The molecule has 4 rings (SSSR count). The van der Waals surface area contributed by atoms with Crippen molar-refractivity contribution in [3.05, 3.63) is 111 Å². The highest BCUT2D eigenvalue weighted by molar-refractivity contribution is 7.98.